The van der Waals surface area contributed by atoms with Crippen molar-refractivity contribution in [1.82, 2.24) is 15.0 Å². The average molecular weight is 276 g/mol. The molecule has 0 amide bonds. The highest BCUT2D eigenvalue weighted by atomic mass is 35.5. The first-order valence-electron chi connectivity index (χ1n) is 6.19. The molecule has 3 rings (SSSR count). The molecule has 1 unspecified atom stereocenters. The molecule has 0 saturated heterocycles. The SMILES string of the molecule is Nc1ncnc(NC(c2ccc(Cl)cc2)C2CC2)n1. The molecule has 0 aliphatic heterocycles. The second-order valence-corrected chi connectivity index (χ2v) is 5.11. The number of rotatable bonds is 4. The molecule has 0 spiro atoms. The number of anilines is 2. The Morgan fingerprint density at radius 3 is 2.58 bits per heavy atom. The molecular weight excluding hydrogens is 262 g/mol. The molecule has 1 aliphatic rings. The molecule has 3 N–H and O–H groups in total. The van der Waals surface area contributed by atoms with Gasteiger partial charge in [0.2, 0.25) is 11.9 Å². The normalized spacial score (nSPS) is 16.1. The number of hydrogen-bond acceptors (Lipinski definition) is 5. The van der Waals surface area contributed by atoms with E-state index in [2.05, 4.69) is 20.3 Å². The summed E-state index contributed by atoms with van der Waals surface area (Å²) in [5.74, 6) is 1.35. The van der Waals surface area contributed by atoms with E-state index in [1.807, 2.05) is 24.3 Å². The van der Waals surface area contributed by atoms with Gasteiger partial charge in [-0.25, -0.2) is 9.97 Å². The lowest BCUT2D eigenvalue weighted by atomic mass is 10.0. The molecule has 1 aromatic carbocycles. The van der Waals surface area contributed by atoms with Crippen LogP contribution in [-0.4, -0.2) is 15.0 Å². The van der Waals surface area contributed by atoms with Crippen LogP contribution in [0.15, 0.2) is 30.6 Å². The van der Waals surface area contributed by atoms with Gasteiger partial charge in [0.15, 0.2) is 0 Å². The molecule has 1 heterocycles. The van der Waals surface area contributed by atoms with E-state index in [9.17, 15) is 0 Å². The molecule has 1 aliphatic carbocycles. The minimum Gasteiger partial charge on any atom is -0.368 e. The van der Waals surface area contributed by atoms with Crippen molar-refractivity contribution in [3.8, 4) is 0 Å². The number of nitrogens with zero attached hydrogens (tertiary/aromatic N) is 3. The average Bonchev–Trinajstić information content (AvgIpc) is 3.22. The Labute approximate surface area is 116 Å². The summed E-state index contributed by atoms with van der Waals surface area (Å²) in [6, 6.07) is 8.05. The van der Waals surface area contributed by atoms with Gasteiger partial charge in [0.05, 0.1) is 6.04 Å². The van der Waals surface area contributed by atoms with Crippen LogP contribution in [0.25, 0.3) is 0 Å². The largest absolute Gasteiger partial charge is 0.368 e. The number of aromatic nitrogens is 3. The van der Waals surface area contributed by atoms with E-state index in [0.717, 1.165) is 5.02 Å². The highest BCUT2D eigenvalue weighted by Crippen LogP contribution is 2.42. The lowest BCUT2D eigenvalue weighted by molar-refractivity contribution is 0.670. The van der Waals surface area contributed by atoms with Gasteiger partial charge >= 0.3 is 0 Å². The summed E-state index contributed by atoms with van der Waals surface area (Å²) in [4.78, 5) is 12.0. The van der Waals surface area contributed by atoms with E-state index >= 15 is 0 Å². The van der Waals surface area contributed by atoms with Gasteiger partial charge in [-0.05, 0) is 36.5 Å². The molecule has 5 nitrogen and oxygen atoms in total. The Bertz CT molecular complexity index is 568. The second kappa shape index (κ2) is 5.01. The number of hydrogen-bond donors (Lipinski definition) is 2. The zero-order valence-electron chi connectivity index (χ0n) is 10.3. The quantitative estimate of drug-likeness (QED) is 0.897. The third-order valence-corrected chi connectivity index (χ3v) is 3.45. The maximum atomic E-state index is 5.92. The summed E-state index contributed by atoms with van der Waals surface area (Å²) in [6.45, 7) is 0. The van der Waals surface area contributed by atoms with Crippen molar-refractivity contribution >= 4 is 23.5 Å². The van der Waals surface area contributed by atoms with Gasteiger partial charge in [-0.1, -0.05) is 23.7 Å². The van der Waals surface area contributed by atoms with Gasteiger partial charge in [0.25, 0.3) is 0 Å². The van der Waals surface area contributed by atoms with Crippen molar-refractivity contribution in [1.29, 1.82) is 0 Å². The molecule has 0 radical (unpaired) electrons. The van der Waals surface area contributed by atoms with Crippen LogP contribution in [0.1, 0.15) is 24.4 Å². The first-order chi connectivity index (χ1) is 9.22. The number of nitrogen functional groups attached to an aromatic ring is 1. The fourth-order valence-electron chi connectivity index (χ4n) is 2.09. The topological polar surface area (TPSA) is 76.7 Å². The lowest BCUT2D eigenvalue weighted by Crippen LogP contribution is -2.15. The molecule has 19 heavy (non-hydrogen) atoms. The minimum atomic E-state index is 0.194. The molecule has 6 heteroatoms. The maximum Gasteiger partial charge on any atom is 0.227 e. The van der Waals surface area contributed by atoms with Gasteiger partial charge in [0.1, 0.15) is 6.33 Å². The number of halogens is 1. The summed E-state index contributed by atoms with van der Waals surface area (Å²) in [7, 11) is 0. The van der Waals surface area contributed by atoms with Crippen LogP contribution >= 0.6 is 11.6 Å². The molecule has 1 fully saturated rings. The van der Waals surface area contributed by atoms with Crippen molar-refractivity contribution < 1.29 is 0 Å². The van der Waals surface area contributed by atoms with Crippen LogP contribution in [0.2, 0.25) is 5.02 Å². The summed E-state index contributed by atoms with van der Waals surface area (Å²) in [6.07, 6.45) is 3.83. The summed E-state index contributed by atoms with van der Waals surface area (Å²) in [5.41, 5.74) is 6.75. The molecular formula is C13H14ClN5. The third kappa shape index (κ3) is 2.93. The van der Waals surface area contributed by atoms with Crippen molar-refractivity contribution in [2.45, 2.75) is 18.9 Å². The third-order valence-electron chi connectivity index (χ3n) is 3.20. The Kier molecular flexibility index (Phi) is 3.21. The monoisotopic (exact) mass is 275 g/mol. The molecule has 2 aromatic rings. The zero-order chi connectivity index (χ0) is 13.2. The van der Waals surface area contributed by atoms with E-state index in [0.29, 0.717) is 11.9 Å². The predicted octanol–water partition coefficient (Wildman–Crippen LogP) is 2.67. The van der Waals surface area contributed by atoms with Crippen LogP contribution < -0.4 is 11.1 Å². The standard InChI is InChI=1S/C13H14ClN5/c14-10-5-3-9(4-6-10)11(8-1-2-8)18-13-17-7-16-12(15)19-13/h3-8,11H,1-2H2,(H3,15,16,17,18,19). The van der Waals surface area contributed by atoms with Gasteiger partial charge in [-0.2, -0.15) is 4.98 Å². The Morgan fingerprint density at radius 2 is 1.95 bits per heavy atom. The smallest absolute Gasteiger partial charge is 0.227 e. The van der Waals surface area contributed by atoms with Crippen molar-refractivity contribution in [2.75, 3.05) is 11.1 Å². The summed E-state index contributed by atoms with van der Waals surface area (Å²) < 4.78 is 0. The van der Waals surface area contributed by atoms with Gasteiger partial charge < -0.3 is 11.1 Å². The Morgan fingerprint density at radius 1 is 1.21 bits per heavy atom. The second-order valence-electron chi connectivity index (χ2n) is 4.68. The van der Waals surface area contributed by atoms with E-state index < -0.39 is 0 Å². The number of benzene rings is 1. The van der Waals surface area contributed by atoms with E-state index in [4.69, 9.17) is 17.3 Å². The zero-order valence-corrected chi connectivity index (χ0v) is 11.0. The first-order valence-corrected chi connectivity index (χ1v) is 6.56. The number of nitrogens with two attached hydrogens (primary N) is 1. The highest BCUT2D eigenvalue weighted by molar-refractivity contribution is 6.30. The van der Waals surface area contributed by atoms with E-state index in [1.54, 1.807) is 0 Å². The Hall–Kier alpha value is -1.88. The van der Waals surface area contributed by atoms with Crippen LogP contribution in [-0.2, 0) is 0 Å². The maximum absolute atomic E-state index is 5.92. The van der Waals surface area contributed by atoms with E-state index in [1.165, 1.54) is 24.7 Å². The molecule has 1 aromatic heterocycles. The van der Waals surface area contributed by atoms with Crippen LogP contribution in [0.5, 0.6) is 0 Å². The van der Waals surface area contributed by atoms with Gasteiger partial charge in [-0.3, -0.25) is 0 Å². The van der Waals surface area contributed by atoms with Crippen molar-refractivity contribution in [3.05, 3.63) is 41.2 Å². The molecule has 98 valence electrons. The fraction of sp³-hybridized carbons (Fsp3) is 0.308. The lowest BCUT2D eigenvalue weighted by Gasteiger charge is -2.18. The molecule has 0 bridgehead atoms. The van der Waals surface area contributed by atoms with Crippen LogP contribution in [0, 0.1) is 5.92 Å². The van der Waals surface area contributed by atoms with Gasteiger partial charge in [-0.15, -0.1) is 0 Å². The highest BCUT2D eigenvalue weighted by Gasteiger charge is 2.32. The first kappa shape index (κ1) is 12.2. The predicted molar refractivity (Wildman–Crippen MR) is 74.8 cm³/mol. The van der Waals surface area contributed by atoms with E-state index in [-0.39, 0.29) is 12.0 Å². The van der Waals surface area contributed by atoms with Crippen molar-refractivity contribution in [2.24, 2.45) is 5.92 Å². The van der Waals surface area contributed by atoms with Crippen molar-refractivity contribution in [3.63, 3.8) is 0 Å². The molecule has 1 atom stereocenters. The minimum absolute atomic E-state index is 0.194. The fourth-order valence-corrected chi connectivity index (χ4v) is 2.22. The van der Waals surface area contributed by atoms with Crippen LogP contribution in [0.4, 0.5) is 11.9 Å². The molecule has 1 saturated carbocycles. The summed E-state index contributed by atoms with van der Waals surface area (Å²) in [5, 5.41) is 4.07. The summed E-state index contributed by atoms with van der Waals surface area (Å²) >= 11 is 5.92. The Balaban J connectivity index is 1.83. The van der Waals surface area contributed by atoms with Crippen LogP contribution in [0.3, 0.4) is 0 Å². The van der Waals surface area contributed by atoms with Gasteiger partial charge in [0, 0.05) is 5.02 Å². The number of nitrogens with one attached hydrogen (secondary N) is 1.